The predicted molar refractivity (Wildman–Crippen MR) is 133 cm³/mol. The fourth-order valence-corrected chi connectivity index (χ4v) is 4.18. The standard InChI is InChI=1S/C27H35ClN2O3/c1-19-6-7-20(2)24(18-19)33-17-5-14-27(3,4)26(32)29-23-12-15-30(16-13-23)25(31)21-8-10-22(28)11-9-21/h6-11,18,23H,5,12-17H2,1-4H3,(H,29,32). The minimum Gasteiger partial charge on any atom is -0.493 e. The zero-order valence-corrected chi connectivity index (χ0v) is 20.9. The quantitative estimate of drug-likeness (QED) is 0.513. The third-order valence-electron chi connectivity index (χ3n) is 6.37. The molecule has 1 aliphatic rings. The number of amides is 2. The largest absolute Gasteiger partial charge is 0.493 e. The summed E-state index contributed by atoms with van der Waals surface area (Å²) in [6.45, 7) is 9.93. The van der Waals surface area contributed by atoms with Crippen LogP contribution in [0.15, 0.2) is 42.5 Å². The van der Waals surface area contributed by atoms with E-state index in [9.17, 15) is 9.59 Å². The molecule has 1 saturated heterocycles. The van der Waals surface area contributed by atoms with Crippen molar-refractivity contribution < 1.29 is 14.3 Å². The van der Waals surface area contributed by atoms with Gasteiger partial charge in [0.1, 0.15) is 5.75 Å². The molecule has 6 heteroatoms. The number of halogens is 1. The molecule has 33 heavy (non-hydrogen) atoms. The number of carbonyl (C=O) groups excluding carboxylic acids is 2. The van der Waals surface area contributed by atoms with Crippen molar-refractivity contribution in [2.45, 2.75) is 59.4 Å². The van der Waals surface area contributed by atoms with Crippen molar-refractivity contribution in [3.8, 4) is 5.75 Å². The fraction of sp³-hybridized carbons (Fsp3) is 0.481. The molecular weight excluding hydrogens is 436 g/mol. The number of rotatable bonds is 8. The van der Waals surface area contributed by atoms with Gasteiger partial charge >= 0.3 is 0 Å². The molecule has 0 spiro atoms. The second-order valence-electron chi connectivity index (χ2n) is 9.65. The van der Waals surface area contributed by atoms with Crippen LogP contribution in [0, 0.1) is 19.3 Å². The van der Waals surface area contributed by atoms with Gasteiger partial charge in [0.25, 0.3) is 5.91 Å². The van der Waals surface area contributed by atoms with Gasteiger partial charge in [0.15, 0.2) is 0 Å². The van der Waals surface area contributed by atoms with Gasteiger partial charge in [0.2, 0.25) is 5.91 Å². The molecule has 3 rings (SSSR count). The van der Waals surface area contributed by atoms with Gasteiger partial charge in [-0.3, -0.25) is 9.59 Å². The molecule has 0 unspecified atom stereocenters. The summed E-state index contributed by atoms with van der Waals surface area (Å²) in [6.07, 6.45) is 3.08. The highest BCUT2D eigenvalue weighted by molar-refractivity contribution is 6.30. The summed E-state index contributed by atoms with van der Waals surface area (Å²) in [5, 5.41) is 3.82. The van der Waals surface area contributed by atoms with Crippen molar-refractivity contribution >= 4 is 23.4 Å². The number of nitrogens with one attached hydrogen (secondary N) is 1. The number of nitrogens with zero attached hydrogens (tertiary/aromatic N) is 1. The highest BCUT2D eigenvalue weighted by Gasteiger charge is 2.31. The van der Waals surface area contributed by atoms with Crippen molar-refractivity contribution in [2.75, 3.05) is 19.7 Å². The first-order chi connectivity index (χ1) is 15.7. The smallest absolute Gasteiger partial charge is 0.253 e. The number of ether oxygens (including phenoxy) is 1. The molecule has 2 aromatic carbocycles. The van der Waals surface area contributed by atoms with E-state index < -0.39 is 5.41 Å². The molecule has 1 fully saturated rings. The molecule has 0 radical (unpaired) electrons. The third kappa shape index (κ3) is 6.97. The SMILES string of the molecule is Cc1ccc(C)c(OCCCC(C)(C)C(=O)NC2CCN(C(=O)c3ccc(Cl)cc3)CC2)c1. The summed E-state index contributed by atoms with van der Waals surface area (Å²) < 4.78 is 5.94. The number of benzene rings is 2. The Balaban J connectivity index is 1.41. The van der Waals surface area contributed by atoms with Crippen molar-refractivity contribution in [1.82, 2.24) is 10.2 Å². The molecule has 1 aliphatic heterocycles. The van der Waals surface area contributed by atoms with E-state index in [0.29, 0.717) is 30.3 Å². The van der Waals surface area contributed by atoms with E-state index in [2.05, 4.69) is 30.4 Å². The Morgan fingerprint density at radius 3 is 2.42 bits per heavy atom. The number of piperidine rings is 1. The first-order valence-electron chi connectivity index (χ1n) is 11.7. The van der Waals surface area contributed by atoms with Gasteiger partial charge in [0, 0.05) is 35.1 Å². The van der Waals surface area contributed by atoms with Gasteiger partial charge in [-0.25, -0.2) is 0 Å². The number of hydrogen-bond acceptors (Lipinski definition) is 3. The molecule has 0 bridgehead atoms. The molecule has 2 aromatic rings. The molecule has 0 aliphatic carbocycles. The normalized spacial score (nSPS) is 14.8. The maximum absolute atomic E-state index is 12.9. The lowest BCUT2D eigenvalue weighted by Crippen LogP contribution is -2.49. The lowest BCUT2D eigenvalue weighted by Gasteiger charge is -2.34. The van der Waals surface area contributed by atoms with Crippen LogP contribution in [0.1, 0.15) is 61.0 Å². The van der Waals surface area contributed by atoms with Crippen molar-refractivity contribution in [1.29, 1.82) is 0 Å². The summed E-state index contributed by atoms with van der Waals surface area (Å²) in [6, 6.07) is 13.3. The minimum atomic E-state index is -0.471. The highest BCUT2D eigenvalue weighted by Crippen LogP contribution is 2.25. The summed E-state index contributed by atoms with van der Waals surface area (Å²) in [5.41, 5.74) is 2.47. The zero-order chi connectivity index (χ0) is 24.0. The Bertz CT molecular complexity index is 964. The monoisotopic (exact) mass is 470 g/mol. The lowest BCUT2D eigenvalue weighted by atomic mass is 9.86. The Kier molecular flexibility index (Phi) is 8.41. The highest BCUT2D eigenvalue weighted by atomic mass is 35.5. The molecule has 0 saturated carbocycles. The van der Waals surface area contributed by atoms with E-state index in [4.69, 9.17) is 16.3 Å². The Morgan fingerprint density at radius 1 is 1.09 bits per heavy atom. The predicted octanol–water partition coefficient (Wildman–Crippen LogP) is 5.56. The summed E-state index contributed by atoms with van der Waals surface area (Å²) in [7, 11) is 0. The Morgan fingerprint density at radius 2 is 1.76 bits per heavy atom. The van der Waals surface area contributed by atoms with Crippen LogP contribution in [-0.4, -0.2) is 42.5 Å². The van der Waals surface area contributed by atoms with Crippen LogP contribution in [0.2, 0.25) is 5.02 Å². The molecule has 1 heterocycles. The third-order valence-corrected chi connectivity index (χ3v) is 6.62. The van der Waals surface area contributed by atoms with E-state index >= 15 is 0 Å². The number of likely N-dealkylation sites (tertiary alicyclic amines) is 1. The van der Waals surface area contributed by atoms with Crippen LogP contribution in [0.4, 0.5) is 0 Å². The molecule has 0 aromatic heterocycles. The van der Waals surface area contributed by atoms with E-state index in [1.807, 2.05) is 25.7 Å². The van der Waals surface area contributed by atoms with Crippen molar-refractivity contribution in [3.05, 3.63) is 64.2 Å². The molecular formula is C27H35ClN2O3. The van der Waals surface area contributed by atoms with Crippen LogP contribution in [0.25, 0.3) is 0 Å². The molecule has 1 N–H and O–H groups in total. The van der Waals surface area contributed by atoms with Crippen molar-refractivity contribution in [3.63, 3.8) is 0 Å². The van der Waals surface area contributed by atoms with Crippen LogP contribution >= 0.6 is 11.6 Å². The van der Waals surface area contributed by atoms with Crippen LogP contribution in [0.3, 0.4) is 0 Å². The minimum absolute atomic E-state index is 0.0145. The van der Waals surface area contributed by atoms with Gasteiger partial charge in [-0.2, -0.15) is 0 Å². The average Bonchev–Trinajstić information content (AvgIpc) is 2.79. The number of hydrogen-bond donors (Lipinski definition) is 1. The second kappa shape index (κ2) is 11.1. The van der Waals surface area contributed by atoms with E-state index in [1.165, 1.54) is 5.56 Å². The first kappa shape index (κ1) is 25.1. The summed E-state index contributed by atoms with van der Waals surface area (Å²) in [5.74, 6) is 0.995. The van der Waals surface area contributed by atoms with Gasteiger partial charge in [-0.15, -0.1) is 0 Å². The molecule has 0 atom stereocenters. The lowest BCUT2D eigenvalue weighted by molar-refractivity contribution is -0.130. The number of aryl methyl sites for hydroxylation is 2. The fourth-order valence-electron chi connectivity index (χ4n) is 4.06. The van der Waals surface area contributed by atoms with E-state index in [0.717, 1.165) is 37.0 Å². The second-order valence-corrected chi connectivity index (χ2v) is 10.1. The van der Waals surface area contributed by atoms with Gasteiger partial charge in [0.05, 0.1) is 6.61 Å². The topological polar surface area (TPSA) is 58.6 Å². The Labute approximate surface area is 202 Å². The van der Waals surface area contributed by atoms with E-state index in [1.54, 1.807) is 24.3 Å². The molecule has 178 valence electrons. The Hall–Kier alpha value is -2.53. The van der Waals surface area contributed by atoms with E-state index in [-0.39, 0.29) is 17.9 Å². The number of carbonyl (C=O) groups is 2. The zero-order valence-electron chi connectivity index (χ0n) is 20.1. The van der Waals surface area contributed by atoms with Gasteiger partial charge in [-0.05, 0) is 81.0 Å². The molecule has 2 amide bonds. The maximum atomic E-state index is 12.9. The first-order valence-corrected chi connectivity index (χ1v) is 12.1. The van der Waals surface area contributed by atoms with Crippen LogP contribution in [0.5, 0.6) is 5.75 Å². The summed E-state index contributed by atoms with van der Waals surface area (Å²) in [4.78, 5) is 27.4. The van der Waals surface area contributed by atoms with Crippen LogP contribution < -0.4 is 10.1 Å². The van der Waals surface area contributed by atoms with Crippen molar-refractivity contribution in [2.24, 2.45) is 5.41 Å². The summed E-state index contributed by atoms with van der Waals surface area (Å²) >= 11 is 5.91. The average molecular weight is 471 g/mol. The maximum Gasteiger partial charge on any atom is 0.253 e. The van der Waals surface area contributed by atoms with Gasteiger partial charge in [-0.1, -0.05) is 37.6 Å². The molecule has 5 nitrogen and oxygen atoms in total. The van der Waals surface area contributed by atoms with Gasteiger partial charge < -0.3 is 15.0 Å². The van der Waals surface area contributed by atoms with Crippen LogP contribution in [-0.2, 0) is 4.79 Å².